The number of aromatic nitrogens is 1. The number of hydrogen-bond acceptors (Lipinski definition) is 6. The quantitative estimate of drug-likeness (QED) is 0.521. The van der Waals surface area contributed by atoms with E-state index in [1.54, 1.807) is 0 Å². The van der Waals surface area contributed by atoms with Crippen LogP contribution in [0.2, 0.25) is 0 Å². The van der Waals surface area contributed by atoms with Crippen LogP contribution in [0, 0.1) is 5.82 Å². The van der Waals surface area contributed by atoms with Crippen molar-refractivity contribution in [2.75, 3.05) is 38.3 Å². The predicted molar refractivity (Wildman–Crippen MR) is 76.2 cm³/mol. The van der Waals surface area contributed by atoms with Gasteiger partial charge in [0.25, 0.3) is 5.91 Å². The first kappa shape index (κ1) is 15.6. The maximum absolute atomic E-state index is 13.9. The molecular weight excluding hydrogens is 277 g/mol. The highest BCUT2D eigenvalue weighted by atomic mass is 19.1. The Kier molecular flexibility index (Phi) is 5.43. The molecule has 7 nitrogen and oxygen atoms in total. The van der Waals surface area contributed by atoms with Crippen LogP contribution >= 0.6 is 0 Å². The molecule has 1 aliphatic rings. The van der Waals surface area contributed by atoms with Gasteiger partial charge in [-0.15, -0.1) is 0 Å². The second-order valence-corrected chi connectivity index (χ2v) is 4.95. The van der Waals surface area contributed by atoms with E-state index >= 15 is 0 Å². The van der Waals surface area contributed by atoms with Crippen LogP contribution in [0.3, 0.4) is 0 Å². The monoisotopic (exact) mass is 297 g/mol. The van der Waals surface area contributed by atoms with E-state index in [4.69, 9.17) is 10.6 Å². The number of morpholine rings is 1. The second kappa shape index (κ2) is 7.30. The number of halogens is 1. The number of ether oxygens (including phenoxy) is 1. The van der Waals surface area contributed by atoms with Crippen LogP contribution in [0.4, 0.5) is 10.2 Å². The van der Waals surface area contributed by atoms with Crippen LogP contribution in [-0.2, 0) is 4.74 Å². The van der Waals surface area contributed by atoms with Gasteiger partial charge in [-0.25, -0.2) is 15.2 Å². The van der Waals surface area contributed by atoms with Gasteiger partial charge in [0.15, 0.2) is 11.6 Å². The van der Waals surface area contributed by atoms with E-state index in [-0.39, 0.29) is 17.4 Å². The van der Waals surface area contributed by atoms with Crippen LogP contribution in [0.5, 0.6) is 0 Å². The molecule has 1 fully saturated rings. The third-order valence-electron chi connectivity index (χ3n) is 3.28. The average Bonchev–Trinajstić information content (AvgIpc) is 2.48. The highest BCUT2D eigenvalue weighted by Crippen LogP contribution is 2.14. The summed E-state index contributed by atoms with van der Waals surface area (Å²) in [6.07, 6.45) is 1.33. The van der Waals surface area contributed by atoms with Gasteiger partial charge in [-0.3, -0.25) is 9.69 Å². The SMILES string of the molecule is CC(CN1CCOCC1)NC(=O)c1ccnc(NN)c1F. The van der Waals surface area contributed by atoms with Crippen LogP contribution in [-0.4, -0.2) is 54.7 Å². The number of anilines is 1. The molecule has 1 unspecified atom stereocenters. The molecule has 21 heavy (non-hydrogen) atoms. The molecule has 0 aromatic carbocycles. The molecule has 0 spiro atoms. The number of hydrazine groups is 1. The topological polar surface area (TPSA) is 92.5 Å². The lowest BCUT2D eigenvalue weighted by molar-refractivity contribution is 0.0342. The zero-order valence-electron chi connectivity index (χ0n) is 11.9. The minimum atomic E-state index is -0.754. The van der Waals surface area contributed by atoms with Gasteiger partial charge < -0.3 is 15.5 Å². The third-order valence-corrected chi connectivity index (χ3v) is 3.28. The molecule has 0 saturated carbocycles. The Balaban J connectivity index is 1.94. The fourth-order valence-corrected chi connectivity index (χ4v) is 2.24. The Morgan fingerprint density at radius 1 is 1.57 bits per heavy atom. The van der Waals surface area contributed by atoms with Crippen molar-refractivity contribution < 1.29 is 13.9 Å². The lowest BCUT2D eigenvalue weighted by Crippen LogP contribution is -2.46. The molecule has 4 N–H and O–H groups in total. The zero-order valence-corrected chi connectivity index (χ0v) is 11.9. The molecule has 2 heterocycles. The average molecular weight is 297 g/mol. The van der Waals surface area contributed by atoms with Gasteiger partial charge in [-0.05, 0) is 13.0 Å². The van der Waals surface area contributed by atoms with E-state index in [1.165, 1.54) is 12.3 Å². The fraction of sp³-hybridized carbons (Fsp3) is 0.538. The molecule has 0 aliphatic carbocycles. The van der Waals surface area contributed by atoms with Crippen molar-refractivity contribution in [2.45, 2.75) is 13.0 Å². The highest BCUT2D eigenvalue weighted by Gasteiger charge is 2.19. The molecule has 8 heteroatoms. The van der Waals surface area contributed by atoms with Crippen LogP contribution in [0.15, 0.2) is 12.3 Å². The smallest absolute Gasteiger partial charge is 0.254 e. The summed E-state index contributed by atoms with van der Waals surface area (Å²) in [6, 6.07) is 1.23. The number of rotatable bonds is 5. The Bertz CT molecular complexity index is 493. The van der Waals surface area contributed by atoms with Gasteiger partial charge in [-0.1, -0.05) is 0 Å². The molecule has 1 atom stereocenters. The highest BCUT2D eigenvalue weighted by molar-refractivity contribution is 5.95. The van der Waals surface area contributed by atoms with E-state index in [9.17, 15) is 9.18 Å². The molecule has 0 bridgehead atoms. The summed E-state index contributed by atoms with van der Waals surface area (Å²) >= 11 is 0. The minimum Gasteiger partial charge on any atom is -0.379 e. The lowest BCUT2D eigenvalue weighted by atomic mass is 10.2. The van der Waals surface area contributed by atoms with Crippen LogP contribution in [0.1, 0.15) is 17.3 Å². The van der Waals surface area contributed by atoms with Crippen molar-refractivity contribution in [3.05, 3.63) is 23.6 Å². The molecule has 1 aromatic heterocycles. The van der Waals surface area contributed by atoms with Crippen molar-refractivity contribution in [1.82, 2.24) is 15.2 Å². The summed E-state index contributed by atoms with van der Waals surface area (Å²) in [5, 5.41) is 2.78. The maximum Gasteiger partial charge on any atom is 0.254 e. The second-order valence-electron chi connectivity index (χ2n) is 4.95. The molecule has 116 valence electrons. The summed E-state index contributed by atoms with van der Waals surface area (Å²) in [7, 11) is 0. The molecule has 1 aliphatic heterocycles. The van der Waals surface area contributed by atoms with Crippen molar-refractivity contribution >= 4 is 11.7 Å². The van der Waals surface area contributed by atoms with Crippen molar-refractivity contribution in [3.8, 4) is 0 Å². The number of nitrogens with two attached hydrogens (primary N) is 1. The van der Waals surface area contributed by atoms with Gasteiger partial charge in [0.2, 0.25) is 0 Å². The van der Waals surface area contributed by atoms with E-state index in [1.807, 2.05) is 6.92 Å². The first-order valence-corrected chi connectivity index (χ1v) is 6.84. The number of carbonyl (C=O) groups excluding carboxylic acids is 1. The number of carbonyl (C=O) groups is 1. The summed E-state index contributed by atoms with van der Waals surface area (Å²) in [4.78, 5) is 18.0. The van der Waals surface area contributed by atoms with Gasteiger partial charge in [-0.2, -0.15) is 0 Å². The third kappa shape index (κ3) is 4.10. The Morgan fingerprint density at radius 3 is 2.95 bits per heavy atom. The number of nitrogens with one attached hydrogen (secondary N) is 2. The van der Waals surface area contributed by atoms with Gasteiger partial charge in [0.05, 0.1) is 18.8 Å². The Hall–Kier alpha value is -1.77. The predicted octanol–water partition coefficient (Wildman–Crippen LogP) is -0.0432. The van der Waals surface area contributed by atoms with Crippen LogP contribution < -0.4 is 16.6 Å². The van der Waals surface area contributed by atoms with Gasteiger partial charge >= 0.3 is 0 Å². The summed E-state index contributed by atoms with van der Waals surface area (Å²) in [5.41, 5.74) is 2.04. The number of hydrogen-bond donors (Lipinski definition) is 3. The molecular formula is C13H20FN5O2. The normalized spacial score (nSPS) is 17.3. The molecule has 1 saturated heterocycles. The largest absolute Gasteiger partial charge is 0.379 e. The molecule has 2 rings (SSSR count). The molecule has 1 amide bonds. The fourth-order valence-electron chi connectivity index (χ4n) is 2.24. The van der Waals surface area contributed by atoms with Crippen molar-refractivity contribution in [1.29, 1.82) is 0 Å². The zero-order chi connectivity index (χ0) is 15.2. The standard InChI is InChI=1S/C13H20FN5O2/c1-9(8-19-4-6-21-7-5-19)17-13(20)10-2-3-16-12(18-15)11(10)14/h2-3,9H,4-8,15H2,1H3,(H,16,18)(H,17,20). The first-order chi connectivity index (χ1) is 10.1. The van der Waals surface area contributed by atoms with E-state index < -0.39 is 11.7 Å². The summed E-state index contributed by atoms with van der Waals surface area (Å²) in [6.45, 7) is 5.66. The number of amides is 1. The first-order valence-electron chi connectivity index (χ1n) is 6.84. The lowest BCUT2D eigenvalue weighted by Gasteiger charge is -2.29. The Labute approximate surface area is 122 Å². The molecule has 1 aromatic rings. The number of nitrogens with zero attached hydrogens (tertiary/aromatic N) is 2. The van der Waals surface area contributed by atoms with Crippen molar-refractivity contribution in [2.24, 2.45) is 5.84 Å². The van der Waals surface area contributed by atoms with Gasteiger partial charge in [0.1, 0.15) is 0 Å². The number of pyridine rings is 1. The minimum absolute atomic E-state index is 0.0771. The Morgan fingerprint density at radius 2 is 2.29 bits per heavy atom. The maximum atomic E-state index is 13.9. The molecule has 0 radical (unpaired) electrons. The van der Waals surface area contributed by atoms with Crippen molar-refractivity contribution in [3.63, 3.8) is 0 Å². The number of nitrogen functional groups attached to an aromatic ring is 1. The van der Waals surface area contributed by atoms with E-state index in [0.717, 1.165) is 13.1 Å². The summed E-state index contributed by atoms with van der Waals surface area (Å²) in [5.74, 6) is 3.76. The summed E-state index contributed by atoms with van der Waals surface area (Å²) < 4.78 is 19.2. The van der Waals surface area contributed by atoms with Gasteiger partial charge in [0, 0.05) is 31.9 Å². The van der Waals surface area contributed by atoms with E-state index in [0.29, 0.717) is 19.8 Å². The van der Waals surface area contributed by atoms with Crippen LogP contribution in [0.25, 0.3) is 0 Å². The van der Waals surface area contributed by atoms with E-state index in [2.05, 4.69) is 20.6 Å².